The maximum Gasteiger partial charge on any atom is 0.152 e. The molecule has 0 radical (unpaired) electrons. The van der Waals surface area contributed by atoms with Crippen molar-refractivity contribution in [1.82, 2.24) is 9.97 Å². The van der Waals surface area contributed by atoms with Crippen molar-refractivity contribution in [1.29, 1.82) is 0 Å². The van der Waals surface area contributed by atoms with E-state index in [1.807, 2.05) is 42.5 Å². The second-order valence-electron chi connectivity index (χ2n) is 4.89. The molecule has 4 heteroatoms. The van der Waals surface area contributed by atoms with Crippen molar-refractivity contribution in [3.05, 3.63) is 66.0 Å². The Bertz CT molecular complexity index is 763. The van der Waals surface area contributed by atoms with Gasteiger partial charge in [-0.2, -0.15) is 0 Å². The molecule has 0 fully saturated rings. The van der Waals surface area contributed by atoms with Crippen molar-refractivity contribution in [2.45, 2.75) is 13.0 Å². The molecule has 0 aliphatic heterocycles. The number of hydrogen-bond donors (Lipinski definition) is 1. The number of carbonyl (C=O) groups is 1. The number of rotatable bonds is 4. The minimum absolute atomic E-state index is 0.0748. The molecule has 2 heterocycles. The number of fused-ring (bicyclic) bond motifs is 1. The predicted molar refractivity (Wildman–Crippen MR) is 83.4 cm³/mol. The van der Waals surface area contributed by atoms with Crippen molar-refractivity contribution in [2.75, 3.05) is 5.32 Å². The monoisotopic (exact) mass is 277 g/mol. The van der Waals surface area contributed by atoms with Gasteiger partial charge >= 0.3 is 0 Å². The lowest BCUT2D eigenvalue weighted by atomic mass is 10.1. The summed E-state index contributed by atoms with van der Waals surface area (Å²) >= 11 is 0. The number of nitrogens with zero attached hydrogens (tertiary/aromatic N) is 2. The number of benzene rings is 1. The van der Waals surface area contributed by atoms with Gasteiger partial charge in [0, 0.05) is 23.3 Å². The van der Waals surface area contributed by atoms with E-state index >= 15 is 0 Å². The van der Waals surface area contributed by atoms with E-state index in [9.17, 15) is 4.79 Å². The normalized spacial score (nSPS) is 12.0. The van der Waals surface area contributed by atoms with E-state index in [1.165, 1.54) is 0 Å². The molecule has 0 saturated heterocycles. The Balaban J connectivity index is 1.88. The van der Waals surface area contributed by atoms with E-state index in [0.717, 1.165) is 28.6 Å². The molecule has 0 amide bonds. The third-order valence-electron chi connectivity index (χ3n) is 3.45. The van der Waals surface area contributed by atoms with E-state index < -0.39 is 0 Å². The molecule has 0 unspecified atom stereocenters. The van der Waals surface area contributed by atoms with Crippen LogP contribution in [0.4, 0.5) is 5.82 Å². The lowest BCUT2D eigenvalue weighted by Gasteiger charge is -2.16. The van der Waals surface area contributed by atoms with E-state index in [0.29, 0.717) is 5.56 Å². The fourth-order valence-corrected chi connectivity index (χ4v) is 2.26. The van der Waals surface area contributed by atoms with Gasteiger partial charge < -0.3 is 5.32 Å². The predicted octanol–water partition coefficient (Wildman–Crippen LogP) is 3.62. The van der Waals surface area contributed by atoms with Gasteiger partial charge in [0.2, 0.25) is 0 Å². The minimum Gasteiger partial charge on any atom is -0.362 e. The SMILES string of the molecule is C[C@H](Nc1nccc2cccnc12)c1ccc(C=O)cc1. The minimum atomic E-state index is 0.0748. The molecule has 0 aliphatic rings. The maximum absolute atomic E-state index is 10.7. The second kappa shape index (κ2) is 5.71. The van der Waals surface area contributed by atoms with Gasteiger partial charge in [0.05, 0.1) is 6.04 Å². The highest BCUT2D eigenvalue weighted by Gasteiger charge is 2.09. The molecule has 0 aliphatic carbocycles. The van der Waals surface area contributed by atoms with Gasteiger partial charge in [0.25, 0.3) is 0 Å². The average molecular weight is 277 g/mol. The molecule has 3 rings (SSSR count). The molecule has 0 bridgehead atoms. The average Bonchev–Trinajstić information content (AvgIpc) is 2.55. The van der Waals surface area contributed by atoms with Gasteiger partial charge in [0.1, 0.15) is 11.8 Å². The van der Waals surface area contributed by atoms with E-state index in [1.54, 1.807) is 12.4 Å². The molecule has 2 aromatic heterocycles. The van der Waals surface area contributed by atoms with Gasteiger partial charge in [-0.25, -0.2) is 4.98 Å². The van der Waals surface area contributed by atoms with Crippen molar-refractivity contribution < 1.29 is 4.79 Å². The van der Waals surface area contributed by atoms with Gasteiger partial charge in [-0.1, -0.05) is 30.3 Å². The van der Waals surface area contributed by atoms with Crippen LogP contribution in [0.5, 0.6) is 0 Å². The summed E-state index contributed by atoms with van der Waals surface area (Å²) in [6.07, 6.45) is 4.38. The standard InChI is InChI=1S/C17H15N3O/c1-12(14-6-4-13(11-21)5-7-14)20-17-16-15(8-10-19-17)3-2-9-18-16/h2-12H,1H3,(H,19,20)/t12-/m0/s1. The van der Waals surface area contributed by atoms with Gasteiger partial charge in [0.15, 0.2) is 5.82 Å². The van der Waals surface area contributed by atoms with Crippen LogP contribution >= 0.6 is 0 Å². The molecule has 104 valence electrons. The van der Waals surface area contributed by atoms with Gasteiger partial charge in [-0.05, 0) is 24.6 Å². The highest BCUT2D eigenvalue weighted by molar-refractivity contribution is 5.87. The molecule has 4 nitrogen and oxygen atoms in total. The zero-order chi connectivity index (χ0) is 14.7. The third-order valence-corrected chi connectivity index (χ3v) is 3.45. The first-order valence-corrected chi connectivity index (χ1v) is 6.79. The Morgan fingerprint density at radius 1 is 1.05 bits per heavy atom. The molecule has 1 aromatic carbocycles. The number of aldehydes is 1. The molecule has 1 N–H and O–H groups in total. The van der Waals surface area contributed by atoms with Crippen molar-refractivity contribution >= 4 is 23.0 Å². The summed E-state index contributed by atoms with van der Waals surface area (Å²) < 4.78 is 0. The van der Waals surface area contributed by atoms with E-state index in [4.69, 9.17) is 0 Å². The summed E-state index contributed by atoms with van der Waals surface area (Å²) in [5.74, 6) is 0.764. The van der Waals surface area contributed by atoms with Gasteiger partial charge in [-0.3, -0.25) is 9.78 Å². The lowest BCUT2D eigenvalue weighted by Crippen LogP contribution is -2.08. The quantitative estimate of drug-likeness (QED) is 0.740. The second-order valence-corrected chi connectivity index (χ2v) is 4.89. The molecule has 3 aromatic rings. The van der Waals surface area contributed by atoms with Gasteiger partial charge in [-0.15, -0.1) is 0 Å². The number of carbonyl (C=O) groups excluding carboxylic acids is 1. The molecule has 0 saturated carbocycles. The van der Waals surface area contributed by atoms with Crippen LogP contribution in [0.25, 0.3) is 10.9 Å². The number of pyridine rings is 2. The lowest BCUT2D eigenvalue weighted by molar-refractivity contribution is 0.112. The fraction of sp³-hybridized carbons (Fsp3) is 0.118. The topological polar surface area (TPSA) is 54.9 Å². The summed E-state index contributed by atoms with van der Waals surface area (Å²) in [4.78, 5) is 19.5. The number of aromatic nitrogens is 2. The summed E-state index contributed by atoms with van der Waals surface area (Å²) in [6.45, 7) is 2.05. The van der Waals surface area contributed by atoms with Crippen LogP contribution in [0.3, 0.4) is 0 Å². The van der Waals surface area contributed by atoms with E-state index in [2.05, 4.69) is 22.2 Å². The Morgan fingerprint density at radius 2 is 1.86 bits per heavy atom. The summed E-state index contributed by atoms with van der Waals surface area (Å²) in [5.41, 5.74) is 2.63. The summed E-state index contributed by atoms with van der Waals surface area (Å²) in [5, 5.41) is 4.43. The first kappa shape index (κ1) is 13.2. The smallest absolute Gasteiger partial charge is 0.152 e. The summed E-state index contributed by atoms with van der Waals surface area (Å²) in [6, 6.07) is 13.5. The molecule has 1 atom stereocenters. The first-order chi connectivity index (χ1) is 10.3. The Hall–Kier alpha value is -2.75. The Morgan fingerprint density at radius 3 is 2.62 bits per heavy atom. The number of anilines is 1. The number of nitrogens with one attached hydrogen (secondary N) is 1. The van der Waals surface area contributed by atoms with Crippen LogP contribution in [-0.2, 0) is 0 Å². The summed E-state index contributed by atoms with van der Waals surface area (Å²) in [7, 11) is 0. The largest absolute Gasteiger partial charge is 0.362 e. The van der Waals surface area contributed by atoms with E-state index in [-0.39, 0.29) is 6.04 Å². The Kier molecular flexibility index (Phi) is 3.60. The highest BCUT2D eigenvalue weighted by atomic mass is 16.1. The molecule has 0 spiro atoms. The van der Waals surface area contributed by atoms with Crippen LogP contribution in [0.2, 0.25) is 0 Å². The van der Waals surface area contributed by atoms with Crippen LogP contribution in [0.1, 0.15) is 28.9 Å². The molecular weight excluding hydrogens is 262 g/mol. The Labute approximate surface area is 122 Å². The molecular formula is C17H15N3O. The molecule has 21 heavy (non-hydrogen) atoms. The fourth-order valence-electron chi connectivity index (χ4n) is 2.26. The van der Waals surface area contributed by atoms with Crippen LogP contribution in [0.15, 0.2) is 54.9 Å². The zero-order valence-electron chi connectivity index (χ0n) is 11.7. The van der Waals surface area contributed by atoms with Crippen LogP contribution in [-0.4, -0.2) is 16.3 Å². The van der Waals surface area contributed by atoms with Crippen molar-refractivity contribution in [2.24, 2.45) is 0 Å². The van der Waals surface area contributed by atoms with Crippen molar-refractivity contribution in [3.8, 4) is 0 Å². The third kappa shape index (κ3) is 2.74. The first-order valence-electron chi connectivity index (χ1n) is 6.79. The maximum atomic E-state index is 10.7. The van der Waals surface area contributed by atoms with Crippen molar-refractivity contribution in [3.63, 3.8) is 0 Å². The number of hydrogen-bond acceptors (Lipinski definition) is 4. The van der Waals surface area contributed by atoms with Crippen LogP contribution < -0.4 is 5.32 Å². The highest BCUT2D eigenvalue weighted by Crippen LogP contribution is 2.23. The van der Waals surface area contributed by atoms with Crippen LogP contribution in [0, 0.1) is 0 Å². The zero-order valence-corrected chi connectivity index (χ0v) is 11.7.